The zero-order valence-corrected chi connectivity index (χ0v) is 14.8. The molecule has 2 aromatic carbocycles. The molecule has 0 unspecified atom stereocenters. The number of anilines is 1. The summed E-state index contributed by atoms with van der Waals surface area (Å²) in [6, 6.07) is 16.8. The third kappa shape index (κ3) is 3.44. The largest absolute Gasteiger partial charge is 0.419 e. The number of amides is 2. The van der Waals surface area contributed by atoms with Crippen molar-refractivity contribution in [1.82, 2.24) is 15.1 Å². The molecule has 1 N–H and O–H groups in total. The number of para-hydroxylation sites is 1. The number of likely N-dealkylation sites (N-methyl/N-ethyl adjacent to an activating group) is 1. The third-order valence-corrected chi connectivity index (χ3v) is 4.53. The maximum Gasteiger partial charge on any atom is 0.247 e. The molecule has 0 bridgehead atoms. The van der Waals surface area contributed by atoms with Gasteiger partial charge in [0.1, 0.15) is 0 Å². The number of aromatic nitrogens is 2. The van der Waals surface area contributed by atoms with Crippen molar-refractivity contribution in [3.05, 3.63) is 66.1 Å². The van der Waals surface area contributed by atoms with E-state index in [1.54, 1.807) is 13.1 Å². The summed E-state index contributed by atoms with van der Waals surface area (Å²) in [6.07, 6.45) is 0.124. The van der Waals surface area contributed by atoms with Gasteiger partial charge in [-0.25, -0.2) is 0 Å². The minimum atomic E-state index is -0.517. The van der Waals surface area contributed by atoms with Gasteiger partial charge in [0, 0.05) is 24.7 Å². The molecule has 7 heteroatoms. The van der Waals surface area contributed by atoms with Crippen LogP contribution in [0.1, 0.15) is 23.8 Å². The standard InChI is InChI=1S/C20H18N4O3/c1-24(12-18-22-23-19(27-18)13-7-3-2-4-8-13)20(26)15-11-17(25)21-16-10-6-5-9-14(15)16/h2-10,15H,11-12H2,1H3,(H,21,25)/t15-/m0/s1. The van der Waals surface area contributed by atoms with Crippen molar-refractivity contribution in [2.24, 2.45) is 0 Å². The summed E-state index contributed by atoms with van der Waals surface area (Å²) in [5.41, 5.74) is 2.33. The fraction of sp³-hybridized carbons (Fsp3) is 0.200. The van der Waals surface area contributed by atoms with E-state index in [1.165, 1.54) is 4.90 Å². The minimum absolute atomic E-state index is 0.124. The molecule has 0 saturated heterocycles. The van der Waals surface area contributed by atoms with E-state index in [4.69, 9.17) is 4.42 Å². The van der Waals surface area contributed by atoms with Crippen molar-refractivity contribution in [2.75, 3.05) is 12.4 Å². The van der Waals surface area contributed by atoms with Crippen LogP contribution in [0.2, 0.25) is 0 Å². The Labute approximate surface area is 156 Å². The van der Waals surface area contributed by atoms with Crippen LogP contribution in [0.15, 0.2) is 59.0 Å². The highest BCUT2D eigenvalue weighted by Crippen LogP contribution is 2.33. The van der Waals surface area contributed by atoms with Crippen LogP contribution >= 0.6 is 0 Å². The molecule has 4 rings (SSSR count). The predicted molar refractivity (Wildman–Crippen MR) is 98.6 cm³/mol. The molecular weight excluding hydrogens is 344 g/mol. The molecule has 7 nitrogen and oxygen atoms in total. The van der Waals surface area contributed by atoms with Crippen LogP contribution in [-0.4, -0.2) is 34.0 Å². The van der Waals surface area contributed by atoms with Gasteiger partial charge < -0.3 is 14.6 Å². The predicted octanol–water partition coefficient (Wildman–Crippen LogP) is 2.82. The average Bonchev–Trinajstić information content (AvgIpc) is 3.16. The second-order valence-corrected chi connectivity index (χ2v) is 6.45. The molecule has 0 aliphatic carbocycles. The Morgan fingerprint density at radius 3 is 2.70 bits per heavy atom. The highest BCUT2D eigenvalue weighted by atomic mass is 16.4. The van der Waals surface area contributed by atoms with Crippen molar-refractivity contribution in [3.8, 4) is 11.5 Å². The average molecular weight is 362 g/mol. The molecule has 2 amide bonds. The van der Waals surface area contributed by atoms with Crippen molar-refractivity contribution in [1.29, 1.82) is 0 Å². The van der Waals surface area contributed by atoms with Crippen molar-refractivity contribution in [2.45, 2.75) is 18.9 Å². The number of benzene rings is 2. The molecule has 1 aromatic heterocycles. The van der Waals surface area contributed by atoms with Crippen LogP contribution in [0.25, 0.3) is 11.5 Å². The fourth-order valence-corrected chi connectivity index (χ4v) is 3.19. The highest BCUT2D eigenvalue weighted by Gasteiger charge is 2.32. The van der Waals surface area contributed by atoms with Crippen LogP contribution in [0.5, 0.6) is 0 Å². The van der Waals surface area contributed by atoms with Gasteiger partial charge in [-0.05, 0) is 23.8 Å². The summed E-state index contributed by atoms with van der Waals surface area (Å²) in [5.74, 6) is -0.0788. The van der Waals surface area contributed by atoms with Gasteiger partial charge in [0.2, 0.25) is 23.6 Å². The molecular formula is C20H18N4O3. The lowest BCUT2D eigenvalue weighted by molar-refractivity contribution is -0.134. The van der Waals surface area contributed by atoms with Gasteiger partial charge in [-0.3, -0.25) is 9.59 Å². The Balaban J connectivity index is 1.51. The number of rotatable bonds is 4. The molecule has 0 radical (unpaired) electrons. The van der Waals surface area contributed by atoms with E-state index >= 15 is 0 Å². The molecule has 136 valence electrons. The quantitative estimate of drug-likeness (QED) is 0.771. The summed E-state index contributed by atoms with van der Waals surface area (Å²) >= 11 is 0. The maximum absolute atomic E-state index is 12.9. The monoisotopic (exact) mass is 362 g/mol. The molecule has 3 aromatic rings. The molecule has 1 aliphatic heterocycles. The Kier molecular flexibility index (Phi) is 4.42. The molecule has 0 saturated carbocycles. The van der Waals surface area contributed by atoms with Crippen molar-refractivity contribution < 1.29 is 14.0 Å². The van der Waals surface area contributed by atoms with Crippen LogP contribution in [0.4, 0.5) is 5.69 Å². The topological polar surface area (TPSA) is 88.3 Å². The number of carbonyl (C=O) groups is 2. The number of hydrogen-bond donors (Lipinski definition) is 1. The fourth-order valence-electron chi connectivity index (χ4n) is 3.19. The highest BCUT2D eigenvalue weighted by molar-refractivity contribution is 6.01. The summed E-state index contributed by atoms with van der Waals surface area (Å²) < 4.78 is 5.67. The Bertz CT molecular complexity index is 984. The summed E-state index contributed by atoms with van der Waals surface area (Å²) in [7, 11) is 1.67. The van der Waals surface area contributed by atoms with E-state index in [-0.39, 0.29) is 24.8 Å². The summed E-state index contributed by atoms with van der Waals surface area (Å²) in [4.78, 5) is 26.4. The van der Waals surface area contributed by atoms with Gasteiger partial charge in [0.15, 0.2) is 0 Å². The summed E-state index contributed by atoms with van der Waals surface area (Å²) in [5, 5.41) is 10.9. The molecule has 2 heterocycles. The number of fused-ring (bicyclic) bond motifs is 1. The van der Waals surface area contributed by atoms with Gasteiger partial charge in [-0.1, -0.05) is 36.4 Å². The molecule has 0 spiro atoms. The number of carbonyl (C=O) groups excluding carboxylic acids is 2. The Morgan fingerprint density at radius 2 is 1.89 bits per heavy atom. The molecule has 27 heavy (non-hydrogen) atoms. The SMILES string of the molecule is CN(Cc1nnc(-c2ccccc2)o1)C(=O)[C@H]1CC(=O)Nc2ccccc21. The van der Waals surface area contributed by atoms with Crippen molar-refractivity contribution >= 4 is 17.5 Å². The Morgan fingerprint density at radius 1 is 1.15 bits per heavy atom. The van der Waals surface area contributed by atoms with Gasteiger partial charge >= 0.3 is 0 Å². The van der Waals surface area contributed by atoms with Gasteiger partial charge in [-0.2, -0.15) is 0 Å². The van der Waals surface area contributed by atoms with Crippen molar-refractivity contribution in [3.63, 3.8) is 0 Å². The lowest BCUT2D eigenvalue weighted by Crippen LogP contribution is -2.36. The van der Waals surface area contributed by atoms with E-state index in [1.807, 2.05) is 48.5 Å². The normalized spacial score (nSPS) is 15.7. The van der Waals surface area contributed by atoms with Gasteiger partial charge in [0.05, 0.1) is 12.5 Å². The Hall–Kier alpha value is -3.48. The minimum Gasteiger partial charge on any atom is -0.419 e. The summed E-state index contributed by atoms with van der Waals surface area (Å²) in [6.45, 7) is 0.180. The first-order chi connectivity index (χ1) is 13.1. The smallest absolute Gasteiger partial charge is 0.247 e. The first-order valence-electron chi connectivity index (χ1n) is 8.63. The van der Waals surface area contributed by atoms with Gasteiger partial charge in [0.25, 0.3) is 0 Å². The second kappa shape index (κ2) is 7.03. The first-order valence-corrected chi connectivity index (χ1v) is 8.63. The number of nitrogens with one attached hydrogen (secondary N) is 1. The van der Waals surface area contributed by atoms with Crippen LogP contribution in [0, 0.1) is 0 Å². The van der Waals surface area contributed by atoms with Gasteiger partial charge in [-0.15, -0.1) is 10.2 Å². The van der Waals surface area contributed by atoms with E-state index in [0.29, 0.717) is 17.5 Å². The maximum atomic E-state index is 12.9. The zero-order valence-electron chi connectivity index (χ0n) is 14.8. The lowest BCUT2D eigenvalue weighted by atomic mass is 9.89. The van der Waals surface area contributed by atoms with Crippen LogP contribution in [0.3, 0.4) is 0 Å². The second-order valence-electron chi connectivity index (χ2n) is 6.45. The number of hydrogen-bond acceptors (Lipinski definition) is 5. The number of nitrogens with zero attached hydrogens (tertiary/aromatic N) is 3. The third-order valence-electron chi connectivity index (χ3n) is 4.53. The van der Waals surface area contributed by atoms with Crippen LogP contribution < -0.4 is 5.32 Å². The van der Waals surface area contributed by atoms with E-state index in [9.17, 15) is 9.59 Å². The van der Waals surface area contributed by atoms with E-state index < -0.39 is 5.92 Å². The molecule has 0 fully saturated rings. The molecule has 1 aliphatic rings. The van der Waals surface area contributed by atoms with E-state index in [2.05, 4.69) is 15.5 Å². The van der Waals surface area contributed by atoms with Crippen LogP contribution in [-0.2, 0) is 16.1 Å². The lowest BCUT2D eigenvalue weighted by Gasteiger charge is -2.27. The first kappa shape index (κ1) is 17.0. The molecule has 1 atom stereocenters. The zero-order chi connectivity index (χ0) is 18.8. The van der Waals surface area contributed by atoms with E-state index in [0.717, 1.165) is 11.1 Å².